The second-order valence-corrected chi connectivity index (χ2v) is 8.15. The van der Waals surface area contributed by atoms with E-state index in [-0.39, 0.29) is 17.2 Å². The minimum Gasteiger partial charge on any atom is -0.313 e. The predicted octanol–water partition coefficient (Wildman–Crippen LogP) is 2.87. The second kappa shape index (κ2) is 6.27. The van der Waals surface area contributed by atoms with Crippen LogP contribution in [0, 0.1) is 11.8 Å². The maximum absolute atomic E-state index is 12.9. The summed E-state index contributed by atoms with van der Waals surface area (Å²) < 4.78 is 25.9. The van der Waals surface area contributed by atoms with Crippen molar-refractivity contribution in [2.24, 2.45) is 11.8 Å². The van der Waals surface area contributed by atoms with Gasteiger partial charge in [-0.2, -0.15) is 0 Å². The maximum Gasteiger partial charge on any atom is 0.183 e. The van der Waals surface area contributed by atoms with Crippen LogP contribution in [-0.4, -0.2) is 26.3 Å². The van der Waals surface area contributed by atoms with Crippen molar-refractivity contribution in [3.8, 4) is 0 Å². The molecule has 3 nitrogen and oxygen atoms in total. The van der Waals surface area contributed by atoms with Crippen LogP contribution < -0.4 is 5.32 Å². The monoisotopic (exact) mass is 295 g/mol. The van der Waals surface area contributed by atoms with Gasteiger partial charge in [-0.05, 0) is 43.4 Å². The summed E-state index contributed by atoms with van der Waals surface area (Å²) in [4.78, 5) is 0.453. The first kappa shape index (κ1) is 15.5. The lowest BCUT2D eigenvalue weighted by atomic mass is 9.80. The maximum atomic E-state index is 12.9. The third-order valence-corrected chi connectivity index (χ3v) is 6.72. The van der Waals surface area contributed by atoms with E-state index in [0.717, 1.165) is 19.4 Å². The van der Waals surface area contributed by atoms with Gasteiger partial charge in [-0.25, -0.2) is 8.42 Å². The average molecular weight is 295 g/mol. The standard InChI is InChI=1S/C16H25NO2S/c1-4-17-15-11-12(2)10-13(3)16(15)20(18,19)14-8-6-5-7-9-14/h5-9,12-13,15-17H,4,10-11H2,1-3H3. The Morgan fingerprint density at radius 3 is 2.40 bits per heavy atom. The van der Waals surface area contributed by atoms with Crippen LogP contribution in [0.3, 0.4) is 0 Å². The molecule has 4 heteroatoms. The highest BCUT2D eigenvalue weighted by atomic mass is 32.2. The summed E-state index contributed by atoms with van der Waals surface area (Å²) in [6, 6.07) is 8.93. The van der Waals surface area contributed by atoms with E-state index >= 15 is 0 Å². The van der Waals surface area contributed by atoms with Gasteiger partial charge in [0.1, 0.15) is 0 Å². The number of rotatable bonds is 4. The van der Waals surface area contributed by atoms with Gasteiger partial charge in [0.25, 0.3) is 0 Å². The number of benzene rings is 1. The van der Waals surface area contributed by atoms with E-state index in [0.29, 0.717) is 10.8 Å². The quantitative estimate of drug-likeness (QED) is 0.929. The Kier molecular flexibility index (Phi) is 4.86. The lowest BCUT2D eigenvalue weighted by Crippen LogP contribution is -2.51. The molecule has 4 unspecified atom stereocenters. The smallest absolute Gasteiger partial charge is 0.183 e. The van der Waals surface area contributed by atoms with E-state index < -0.39 is 9.84 Å². The molecular formula is C16H25NO2S. The van der Waals surface area contributed by atoms with Crippen LogP contribution >= 0.6 is 0 Å². The van der Waals surface area contributed by atoms with Gasteiger partial charge in [0.2, 0.25) is 0 Å². The highest BCUT2D eigenvalue weighted by molar-refractivity contribution is 7.92. The zero-order valence-electron chi connectivity index (χ0n) is 12.5. The van der Waals surface area contributed by atoms with Crippen LogP contribution in [-0.2, 0) is 9.84 Å². The first-order valence-electron chi connectivity index (χ1n) is 7.49. The van der Waals surface area contributed by atoms with Gasteiger partial charge in [-0.1, -0.05) is 39.0 Å². The van der Waals surface area contributed by atoms with Gasteiger partial charge in [0.05, 0.1) is 10.1 Å². The fourth-order valence-electron chi connectivity index (χ4n) is 3.58. The van der Waals surface area contributed by atoms with E-state index in [1.165, 1.54) is 0 Å². The number of hydrogen-bond donors (Lipinski definition) is 1. The van der Waals surface area contributed by atoms with Crippen molar-refractivity contribution in [1.29, 1.82) is 0 Å². The lowest BCUT2D eigenvalue weighted by Gasteiger charge is -2.39. The average Bonchev–Trinajstić information content (AvgIpc) is 2.39. The molecule has 1 aromatic carbocycles. The molecule has 0 heterocycles. The molecular weight excluding hydrogens is 270 g/mol. The highest BCUT2D eigenvalue weighted by Gasteiger charge is 2.42. The minimum absolute atomic E-state index is 0.0592. The molecule has 2 rings (SSSR count). The fourth-order valence-corrected chi connectivity index (χ4v) is 5.79. The third kappa shape index (κ3) is 3.07. The van der Waals surface area contributed by atoms with Crippen molar-refractivity contribution in [1.82, 2.24) is 5.32 Å². The number of nitrogens with one attached hydrogen (secondary N) is 1. The molecule has 0 amide bonds. The zero-order valence-corrected chi connectivity index (χ0v) is 13.4. The summed E-state index contributed by atoms with van der Waals surface area (Å²) in [7, 11) is -3.27. The highest BCUT2D eigenvalue weighted by Crippen LogP contribution is 2.36. The molecule has 1 N–H and O–H groups in total. The first-order chi connectivity index (χ1) is 9.46. The van der Waals surface area contributed by atoms with Crippen LogP contribution in [0.4, 0.5) is 0 Å². The Hall–Kier alpha value is -0.870. The van der Waals surface area contributed by atoms with Gasteiger partial charge >= 0.3 is 0 Å². The number of sulfone groups is 1. The lowest BCUT2D eigenvalue weighted by molar-refractivity contribution is 0.244. The van der Waals surface area contributed by atoms with Crippen molar-refractivity contribution >= 4 is 9.84 Å². The molecule has 1 aliphatic carbocycles. The van der Waals surface area contributed by atoms with Crippen molar-refractivity contribution in [3.05, 3.63) is 30.3 Å². The van der Waals surface area contributed by atoms with Gasteiger partial charge in [0, 0.05) is 6.04 Å². The summed E-state index contributed by atoms with van der Waals surface area (Å²) >= 11 is 0. The molecule has 112 valence electrons. The second-order valence-electron chi connectivity index (χ2n) is 6.04. The van der Waals surface area contributed by atoms with Crippen LogP contribution in [0.1, 0.15) is 33.6 Å². The van der Waals surface area contributed by atoms with E-state index in [1.807, 2.05) is 13.0 Å². The van der Waals surface area contributed by atoms with E-state index in [9.17, 15) is 8.42 Å². The van der Waals surface area contributed by atoms with Gasteiger partial charge < -0.3 is 5.32 Å². The molecule has 1 saturated carbocycles. The van der Waals surface area contributed by atoms with Crippen LogP contribution in [0.5, 0.6) is 0 Å². The van der Waals surface area contributed by atoms with Crippen molar-refractivity contribution in [2.75, 3.05) is 6.54 Å². The molecule has 0 aromatic heterocycles. The van der Waals surface area contributed by atoms with Crippen molar-refractivity contribution in [2.45, 2.75) is 49.8 Å². The zero-order chi connectivity index (χ0) is 14.8. The molecule has 0 radical (unpaired) electrons. The van der Waals surface area contributed by atoms with Crippen molar-refractivity contribution < 1.29 is 8.42 Å². The summed E-state index contributed by atoms with van der Waals surface area (Å²) in [5.74, 6) is 0.768. The molecule has 1 aliphatic rings. The molecule has 0 aliphatic heterocycles. The Morgan fingerprint density at radius 2 is 1.80 bits per heavy atom. The summed E-state index contributed by atoms with van der Waals surface area (Å²) in [5.41, 5.74) is 0. The third-order valence-electron chi connectivity index (χ3n) is 4.28. The van der Waals surface area contributed by atoms with Crippen molar-refractivity contribution in [3.63, 3.8) is 0 Å². The van der Waals surface area contributed by atoms with E-state index in [1.54, 1.807) is 24.3 Å². The predicted molar refractivity (Wildman–Crippen MR) is 82.4 cm³/mol. The SMILES string of the molecule is CCNC1CC(C)CC(C)C1S(=O)(=O)c1ccccc1. The summed E-state index contributed by atoms with van der Waals surface area (Å²) in [5, 5.41) is 3.07. The topological polar surface area (TPSA) is 46.2 Å². The molecule has 1 aromatic rings. The van der Waals surface area contributed by atoms with E-state index in [2.05, 4.69) is 19.2 Å². The summed E-state index contributed by atoms with van der Waals surface area (Å²) in [6.07, 6.45) is 1.92. The molecule has 0 spiro atoms. The molecule has 1 fully saturated rings. The van der Waals surface area contributed by atoms with Crippen LogP contribution in [0.15, 0.2) is 35.2 Å². The molecule has 4 atom stereocenters. The minimum atomic E-state index is -3.27. The first-order valence-corrected chi connectivity index (χ1v) is 9.03. The Morgan fingerprint density at radius 1 is 1.15 bits per heavy atom. The normalized spacial score (nSPS) is 31.1. The largest absolute Gasteiger partial charge is 0.313 e. The van der Waals surface area contributed by atoms with Crippen LogP contribution in [0.2, 0.25) is 0 Å². The van der Waals surface area contributed by atoms with Gasteiger partial charge in [-0.15, -0.1) is 0 Å². The Bertz CT molecular complexity index is 527. The van der Waals surface area contributed by atoms with Crippen LogP contribution in [0.25, 0.3) is 0 Å². The molecule has 20 heavy (non-hydrogen) atoms. The van der Waals surface area contributed by atoms with Gasteiger partial charge in [-0.3, -0.25) is 0 Å². The number of hydrogen-bond acceptors (Lipinski definition) is 3. The van der Waals surface area contributed by atoms with Gasteiger partial charge in [0.15, 0.2) is 9.84 Å². The fraction of sp³-hybridized carbons (Fsp3) is 0.625. The van der Waals surface area contributed by atoms with E-state index in [4.69, 9.17) is 0 Å². The summed E-state index contributed by atoms with van der Waals surface area (Å²) in [6.45, 7) is 7.14. The molecule has 0 saturated heterocycles. The molecule has 0 bridgehead atoms. The Balaban J connectivity index is 2.36. The Labute approximate surface area is 122 Å².